The number of esters is 1. The molecule has 1 aromatic rings. The van der Waals surface area contributed by atoms with Crippen LogP contribution in [0.25, 0.3) is 0 Å². The molecule has 98 valence electrons. The predicted octanol–water partition coefficient (Wildman–Crippen LogP) is 0.766. The van der Waals surface area contributed by atoms with Crippen LogP contribution >= 0.6 is 0 Å². The molecule has 0 atom stereocenters. The average Bonchev–Trinajstić information content (AvgIpc) is 2.92. The number of nitrogens with one attached hydrogen (secondary N) is 1. The van der Waals surface area contributed by atoms with Crippen molar-refractivity contribution >= 4 is 11.9 Å². The summed E-state index contributed by atoms with van der Waals surface area (Å²) in [6, 6.07) is 1.70. The van der Waals surface area contributed by atoms with E-state index in [-0.39, 0.29) is 5.97 Å². The number of ether oxygens (including phenoxy) is 1. The lowest BCUT2D eigenvalue weighted by atomic mass is 10.2. The fourth-order valence-electron chi connectivity index (χ4n) is 1.83. The van der Waals surface area contributed by atoms with E-state index in [4.69, 9.17) is 4.42 Å². The molecular formula is C12H17N3O3. The van der Waals surface area contributed by atoms with Crippen molar-refractivity contribution < 1.29 is 13.9 Å². The topological polar surface area (TPSA) is 67.1 Å². The molecule has 0 spiro atoms. The number of carbonyl (C=O) groups is 1. The van der Waals surface area contributed by atoms with E-state index < -0.39 is 0 Å². The van der Waals surface area contributed by atoms with E-state index in [2.05, 4.69) is 15.0 Å². The maximum Gasteiger partial charge on any atom is 0.341 e. The van der Waals surface area contributed by atoms with Crippen LogP contribution in [0.5, 0.6) is 0 Å². The standard InChI is InChI=1S/C12H17N3O3/c1-8-10(11(16)17-3)6-9(18-8)7-14-12-13-4-5-15(12)2/h6H,4-5,7H2,1-3H3,(H,13,14). The summed E-state index contributed by atoms with van der Waals surface area (Å²) in [5.74, 6) is 1.73. The van der Waals surface area contributed by atoms with Crippen LogP contribution < -0.4 is 5.32 Å². The molecule has 0 unspecified atom stereocenters. The van der Waals surface area contributed by atoms with E-state index in [0.717, 1.165) is 19.0 Å². The van der Waals surface area contributed by atoms with Gasteiger partial charge in [-0.15, -0.1) is 0 Å². The Morgan fingerprint density at radius 2 is 2.44 bits per heavy atom. The summed E-state index contributed by atoms with van der Waals surface area (Å²) in [6.07, 6.45) is 0. The summed E-state index contributed by atoms with van der Waals surface area (Å²) in [5, 5.41) is 3.18. The minimum atomic E-state index is -0.377. The summed E-state index contributed by atoms with van der Waals surface area (Å²) in [4.78, 5) is 17.8. The highest BCUT2D eigenvalue weighted by molar-refractivity contribution is 5.90. The van der Waals surface area contributed by atoms with Gasteiger partial charge in [-0.1, -0.05) is 0 Å². The first-order chi connectivity index (χ1) is 8.61. The zero-order valence-corrected chi connectivity index (χ0v) is 10.8. The Bertz CT molecular complexity index is 479. The number of likely N-dealkylation sites (N-methyl/N-ethyl adjacent to an activating group) is 1. The largest absolute Gasteiger partial charge is 0.465 e. The second-order valence-corrected chi connectivity index (χ2v) is 4.15. The van der Waals surface area contributed by atoms with E-state index in [1.54, 1.807) is 13.0 Å². The summed E-state index contributed by atoms with van der Waals surface area (Å²) < 4.78 is 10.2. The van der Waals surface area contributed by atoms with E-state index in [9.17, 15) is 4.79 Å². The van der Waals surface area contributed by atoms with E-state index in [0.29, 0.717) is 23.6 Å². The van der Waals surface area contributed by atoms with Gasteiger partial charge in [-0.25, -0.2) is 4.79 Å². The molecule has 0 saturated heterocycles. The lowest BCUT2D eigenvalue weighted by Crippen LogP contribution is -2.34. The smallest absolute Gasteiger partial charge is 0.341 e. The summed E-state index contributed by atoms with van der Waals surface area (Å²) in [5.41, 5.74) is 0.469. The highest BCUT2D eigenvalue weighted by Crippen LogP contribution is 2.15. The molecule has 6 heteroatoms. The number of methoxy groups -OCH3 is 1. The van der Waals surface area contributed by atoms with Crippen molar-refractivity contribution in [1.82, 2.24) is 10.2 Å². The van der Waals surface area contributed by atoms with E-state index >= 15 is 0 Å². The van der Waals surface area contributed by atoms with Gasteiger partial charge in [0.1, 0.15) is 17.1 Å². The van der Waals surface area contributed by atoms with Gasteiger partial charge >= 0.3 is 5.97 Å². The second kappa shape index (κ2) is 5.12. The van der Waals surface area contributed by atoms with Crippen molar-refractivity contribution in [3.63, 3.8) is 0 Å². The number of furan rings is 1. The lowest BCUT2D eigenvalue weighted by molar-refractivity contribution is 0.0599. The van der Waals surface area contributed by atoms with Crippen LogP contribution in [0.15, 0.2) is 15.5 Å². The molecule has 1 aliphatic heterocycles. The lowest BCUT2D eigenvalue weighted by Gasteiger charge is -2.14. The van der Waals surface area contributed by atoms with Crippen molar-refractivity contribution in [3.05, 3.63) is 23.2 Å². The van der Waals surface area contributed by atoms with Crippen LogP contribution in [0.1, 0.15) is 21.9 Å². The molecule has 2 heterocycles. The van der Waals surface area contributed by atoms with Gasteiger partial charge in [0.15, 0.2) is 5.96 Å². The summed E-state index contributed by atoms with van der Waals surface area (Å²) in [6.45, 7) is 3.98. The molecule has 0 amide bonds. The average molecular weight is 251 g/mol. The van der Waals surface area contributed by atoms with Crippen LogP contribution in [0, 0.1) is 6.92 Å². The van der Waals surface area contributed by atoms with Crippen molar-refractivity contribution in [1.29, 1.82) is 0 Å². The Hall–Kier alpha value is -1.98. The first-order valence-electron chi connectivity index (χ1n) is 5.79. The minimum Gasteiger partial charge on any atom is -0.465 e. The molecular weight excluding hydrogens is 234 g/mol. The van der Waals surface area contributed by atoms with Crippen molar-refractivity contribution in [3.8, 4) is 0 Å². The SMILES string of the molecule is COC(=O)c1cc(CNC2=NCCN2C)oc1C. The van der Waals surface area contributed by atoms with Crippen molar-refractivity contribution in [2.24, 2.45) is 4.99 Å². The maximum absolute atomic E-state index is 11.4. The molecule has 0 radical (unpaired) electrons. The first kappa shape index (κ1) is 12.5. The summed E-state index contributed by atoms with van der Waals surface area (Å²) >= 11 is 0. The van der Waals surface area contributed by atoms with Gasteiger partial charge in [-0.2, -0.15) is 0 Å². The van der Waals surface area contributed by atoms with Crippen LogP contribution in [-0.4, -0.2) is 44.1 Å². The van der Waals surface area contributed by atoms with Crippen molar-refractivity contribution in [2.75, 3.05) is 27.2 Å². The number of hydrogen-bond acceptors (Lipinski definition) is 6. The zero-order valence-electron chi connectivity index (χ0n) is 10.8. The van der Waals surface area contributed by atoms with E-state index in [1.807, 2.05) is 11.9 Å². The number of carbonyl (C=O) groups excluding carboxylic acids is 1. The molecule has 6 nitrogen and oxygen atoms in total. The minimum absolute atomic E-state index is 0.377. The van der Waals surface area contributed by atoms with Crippen LogP contribution in [0.2, 0.25) is 0 Å². The molecule has 1 aromatic heterocycles. The number of aliphatic imine (C=N–C) groups is 1. The zero-order chi connectivity index (χ0) is 13.1. The van der Waals surface area contributed by atoms with Gasteiger partial charge in [0, 0.05) is 13.6 Å². The molecule has 1 aliphatic rings. The monoisotopic (exact) mass is 251 g/mol. The molecule has 0 saturated carbocycles. The summed E-state index contributed by atoms with van der Waals surface area (Å²) in [7, 11) is 3.33. The van der Waals surface area contributed by atoms with Crippen LogP contribution in [0.4, 0.5) is 0 Å². The fraction of sp³-hybridized carbons (Fsp3) is 0.500. The molecule has 2 rings (SSSR count). The molecule has 0 fully saturated rings. The Morgan fingerprint density at radius 3 is 3.06 bits per heavy atom. The van der Waals surface area contributed by atoms with Gasteiger partial charge in [-0.3, -0.25) is 4.99 Å². The fourth-order valence-corrected chi connectivity index (χ4v) is 1.83. The number of aryl methyl sites for hydroxylation is 1. The van der Waals surface area contributed by atoms with Crippen LogP contribution in [0.3, 0.4) is 0 Å². The maximum atomic E-state index is 11.4. The predicted molar refractivity (Wildman–Crippen MR) is 66.6 cm³/mol. The highest BCUT2D eigenvalue weighted by Gasteiger charge is 2.16. The number of guanidine groups is 1. The van der Waals surface area contributed by atoms with Gasteiger partial charge in [0.25, 0.3) is 0 Å². The first-order valence-corrected chi connectivity index (χ1v) is 5.79. The Balaban J connectivity index is 2.00. The van der Waals surface area contributed by atoms with Gasteiger partial charge in [-0.05, 0) is 13.0 Å². The molecule has 1 N–H and O–H groups in total. The number of hydrogen-bond donors (Lipinski definition) is 1. The quantitative estimate of drug-likeness (QED) is 0.804. The Morgan fingerprint density at radius 1 is 1.67 bits per heavy atom. The molecule has 0 aliphatic carbocycles. The Kier molecular flexibility index (Phi) is 3.55. The van der Waals surface area contributed by atoms with Gasteiger partial charge < -0.3 is 19.4 Å². The molecule has 18 heavy (non-hydrogen) atoms. The van der Waals surface area contributed by atoms with Crippen LogP contribution in [-0.2, 0) is 11.3 Å². The van der Waals surface area contributed by atoms with E-state index in [1.165, 1.54) is 7.11 Å². The molecule has 0 aromatic carbocycles. The van der Waals surface area contributed by atoms with Crippen molar-refractivity contribution in [2.45, 2.75) is 13.5 Å². The molecule has 0 bridgehead atoms. The second-order valence-electron chi connectivity index (χ2n) is 4.15. The van der Waals surface area contributed by atoms with Gasteiger partial charge in [0.05, 0.1) is 20.2 Å². The number of nitrogens with zero attached hydrogens (tertiary/aromatic N) is 2. The number of rotatable bonds is 3. The Labute approximate surface area is 106 Å². The normalized spacial score (nSPS) is 14.6. The third-order valence-corrected chi connectivity index (χ3v) is 2.85. The third kappa shape index (κ3) is 2.47. The highest BCUT2D eigenvalue weighted by atomic mass is 16.5. The third-order valence-electron chi connectivity index (χ3n) is 2.85. The van der Waals surface area contributed by atoms with Gasteiger partial charge in [0.2, 0.25) is 0 Å².